The molecule has 2 aromatic heterocycles. The fourth-order valence-electron chi connectivity index (χ4n) is 3.55. The van der Waals surface area contributed by atoms with Crippen molar-refractivity contribution in [3.8, 4) is 16.9 Å². The number of nitrogens with one attached hydrogen (secondary N) is 2. The first kappa shape index (κ1) is 19.6. The standard InChI is InChI=1S/C21H25N3O4S/c1-4-29(26,27)23-17-7-8-18(28-12-14-5-6-14)19(13(17)2)16-11-24(3)20-15(16)9-10-22-21(20)25/h7-11,14,23H,4-6,12H2,1-3H3,(H,22,25). The molecule has 0 unspecified atom stereocenters. The molecule has 0 amide bonds. The maximum absolute atomic E-state index is 12.3. The second-order valence-electron chi connectivity index (χ2n) is 7.59. The highest BCUT2D eigenvalue weighted by molar-refractivity contribution is 7.92. The number of hydrogen-bond acceptors (Lipinski definition) is 4. The molecule has 3 aromatic rings. The summed E-state index contributed by atoms with van der Waals surface area (Å²) in [4.78, 5) is 15.0. The predicted octanol–water partition coefficient (Wildman–Crippen LogP) is 3.39. The molecule has 0 saturated heterocycles. The van der Waals surface area contributed by atoms with Gasteiger partial charge in [0.1, 0.15) is 11.3 Å². The molecule has 4 rings (SSSR count). The van der Waals surface area contributed by atoms with Gasteiger partial charge in [-0.2, -0.15) is 0 Å². The van der Waals surface area contributed by atoms with Crippen LogP contribution in [0.4, 0.5) is 5.69 Å². The number of hydrogen-bond donors (Lipinski definition) is 2. The molecule has 1 saturated carbocycles. The van der Waals surface area contributed by atoms with E-state index < -0.39 is 10.0 Å². The summed E-state index contributed by atoms with van der Waals surface area (Å²) in [6.45, 7) is 4.11. The minimum absolute atomic E-state index is 0.00858. The smallest absolute Gasteiger partial charge is 0.272 e. The van der Waals surface area contributed by atoms with E-state index in [2.05, 4.69) is 9.71 Å². The zero-order chi connectivity index (χ0) is 20.8. The first-order chi connectivity index (χ1) is 13.8. The van der Waals surface area contributed by atoms with Gasteiger partial charge in [-0.25, -0.2) is 8.42 Å². The molecule has 2 N–H and O–H groups in total. The fourth-order valence-corrected chi connectivity index (χ4v) is 4.25. The number of sulfonamides is 1. The molecule has 1 aromatic carbocycles. The van der Waals surface area contributed by atoms with Crippen LogP contribution in [0.15, 0.2) is 35.4 Å². The Morgan fingerprint density at radius 1 is 1.28 bits per heavy atom. The van der Waals surface area contributed by atoms with Crippen molar-refractivity contribution in [3.63, 3.8) is 0 Å². The molecule has 2 heterocycles. The molecule has 0 bridgehead atoms. The summed E-state index contributed by atoms with van der Waals surface area (Å²) in [5.41, 5.74) is 3.32. The Kier molecular flexibility index (Phi) is 4.90. The minimum atomic E-state index is -3.42. The molecule has 154 valence electrons. The predicted molar refractivity (Wildman–Crippen MR) is 115 cm³/mol. The Morgan fingerprint density at radius 2 is 2.03 bits per heavy atom. The van der Waals surface area contributed by atoms with Crippen molar-refractivity contribution < 1.29 is 13.2 Å². The average Bonchev–Trinajstić information content (AvgIpc) is 3.45. The van der Waals surface area contributed by atoms with Crippen LogP contribution in [-0.2, 0) is 17.1 Å². The summed E-state index contributed by atoms with van der Waals surface area (Å²) in [5.74, 6) is 1.27. The van der Waals surface area contributed by atoms with Crippen molar-refractivity contribution in [1.29, 1.82) is 0 Å². The molecule has 8 heteroatoms. The van der Waals surface area contributed by atoms with Crippen molar-refractivity contribution in [2.24, 2.45) is 13.0 Å². The van der Waals surface area contributed by atoms with Crippen LogP contribution in [0.3, 0.4) is 0 Å². The van der Waals surface area contributed by atoms with Crippen molar-refractivity contribution in [2.45, 2.75) is 26.7 Å². The number of ether oxygens (including phenoxy) is 1. The normalized spacial score (nSPS) is 14.3. The topological polar surface area (TPSA) is 93.2 Å². The van der Waals surface area contributed by atoms with Crippen molar-refractivity contribution >= 4 is 26.6 Å². The van der Waals surface area contributed by atoms with Crippen molar-refractivity contribution in [2.75, 3.05) is 17.1 Å². The van der Waals surface area contributed by atoms with Gasteiger partial charge in [0.25, 0.3) is 5.56 Å². The Morgan fingerprint density at radius 3 is 2.72 bits per heavy atom. The zero-order valence-corrected chi connectivity index (χ0v) is 17.6. The van der Waals surface area contributed by atoms with Crippen molar-refractivity contribution in [3.05, 3.63) is 46.5 Å². The maximum atomic E-state index is 12.3. The molecule has 7 nitrogen and oxygen atoms in total. The lowest BCUT2D eigenvalue weighted by molar-refractivity contribution is 0.301. The number of benzene rings is 1. The van der Waals surface area contributed by atoms with E-state index in [1.54, 1.807) is 23.8 Å². The molecular weight excluding hydrogens is 390 g/mol. The van der Waals surface area contributed by atoms with Crippen LogP contribution < -0.4 is 15.0 Å². The lowest BCUT2D eigenvalue weighted by Gasteiger charge is -2.18. The quantitative estimate of drug-likeness (QED) is 0.619. The van der Waals surface area contributed by atoms with Crippen LogP contribution in [0.25, 0.3) is 22.0 Å². The molecular formula is C21H25N3O4S. The summed E-state index contributed by atoms with van der Waals surface area (Å²) in [5, 5.41) is 0.797. The van der Waals surface area contributed by atoms with E-state index in [1.165, 1.54) is 12.8 Å². The van der Waals surface area contributed by atoms with Gasteiger partial charge in [0.15, 0.2) is 0 Å². The van der Waals surface area contributed by atoms with Gasteiger partial charge in [-0.05, 0) is 56.4 Å². The number of rotatable bonds is 7. The summed E-state index contributed by atoms with van der Waals surface area (Å²) >= 11 is 0. The Labute approximate surface area is 169 Å². The Bertz CT molecular complexity index is 1240. The van der Waals surface area contributed by atoms with Crippen LogP contribution in [0.5, 0.6) is 5.75 Å². The van der Waals surface area contributed by atoms with Gasteiger partial charge in [0.2, 0.25) is 10.0 Å². The number of aryl methyl sites for hydroxylation is 1. The molecule has 0 atom stereocenters. The average molecular weight is 416 g/mol. The monoisotopic (exact) mass is 415 g/mol. The second-order valence-corrected chi connectivity index (χ2v) is 9.60. The fraction of sp³-hybridized carbons (Fsp3) is 0.381. The van der Waals surface area contributed by atoms with Crippen LogP contribution in [0.1, 0.15) is 25.3 Å². The van der Waals surface area contributed by atoms with Crippen LogP contribution in [-0.4, -0.2) is 30.3 Å². The third kappa shape index (κ3) is 3.76. The highest BCUT2D eigenvalue weighted by Gasteiger charge is 2.24. The first-order valence-corrected chi connectivity index (χ1v) is 11.4. The van der Waals surface area contributed by atoms with E-state index in [-0.39, 0.29) is 11.3 Å². The number of pyridine rings is 1. The zero-order valence-electron chi connectivity index (χ0n) is 16.8. The molecule has 0 radical (unpaired) electrons. The number of H-pyrrole nitrogens is 1. The van der Waals surface area contributed by atoms with Gasteiger partial charge < -0.3 is 14.3 Å². The van der Waals surface area contributed by atoms with Gasteiger partial charge in [-0.3, -0.25) is 9.52 Å². The van der Waals surface area contributed by atoms with Crippen LogP contribution >= 0.6 is 0 Å². The van der Waals surface area contributed by atoms with Crippen molar-refractivity contribution in [1.82, 2.24) is 9.55 Å². The number of aromatic nitrogens is 2. The summed E-state index contributed by atoms with van der Waals surface area (Å²) in [6, 6.07) is 5.41. The van der Waals surface area contributed by atoms with Gasteiger partial charge in [-0.15, -0.1) is 0 Å². The molecule has 1 aliphatic rings. The molecule has 0 aliphatic heterocycles. The van der Waals surface area contributed by atoms with Crippen LogP contribution in [0, 0.1) is 12.8 Å². The van der Waals surface area contributed by atoms with E-state index >= 15 is 0 Å². The molecule has 29 heavy (non-hydrogen) atoms. The lowest BCUT2D eigenvalue weighted by atomic mass is 9.98. The number of nitrogens with zero attached hydrogens (tertiary/aromatic N) is 1. The molecule has 1 aliphatic carbocycles. The van der Waals surface area contributed by atoms with Gasteiger partial charge >= 0.3 is 0 Å². The summed E-state index contributed by atoms with van der Waals surface area (Å²) in [6.07, 6.45) is 5.86. The first-order valence-electron chi connectivity index (χ1n) is 9.74. The molecule has 0 spiro atoms. The number of anilines is 1. The Hall–Kier alpha value is -2.74. The minimum Gasteiger partial charge on any atom is -0.493 e. The van der Waals surface area contributed by atoms with Gasteiger partial charge in [0, 0.05) is 36.0 Å². The van der Waals surface area contributed by atoms with Crippen LogP contribution in [0.2, 0.25) is 0 Å². The highest BCUT2D eigenvalue weighted by atomic mass is 32.2. The second kappa shape index (κ2) is 7.26. The van der Waals surface area contributed by atoms with Gasteiger partial charge in [-0.1, -0.05) is 0 Å². The third-order valence-corrected chi connectivity index (χ3v) is 6.70. The van der Waals surface area contributed by atoms with E-state index in [0.29, 0.717) is 29.5 Å². The van der Waals surface area contributed by atoms with E-state index in [1.807, 2.05) is 32.3 Å². The summed E-state index contributed by atoms with van der Waals surface area (Å²) < 4.78 is 34.9. The lowest BCUT2D eigenvalue weighted by Crippen LogP contribution is -2.15. The van der Waals surface area contributed by atoms with E-state index in [4.69, 9.17) is 4.74 Å². The Balaban J connectivity index is 1.91. The maximum Gasteiger partial charge on any atom is 0.272 e. The summed E-state index contributed by atoms with van der Waals surface area (Å²) in [7, 11) is -1.59. The van der Waals surface area contributed by atoms with E-state index in [9.17, 15) is 13.2 Å². The largest absolute Gasteiger partial charge is 0.493 e. The number of fused-ring (bicyclic) bond motifs is 1. The molecule has 1 fully saturated rings. The SMILES string of the molecule is CCS(=O)(=O)Nc1ccc(OCC2CC2)c(-c2cn(C)c3c(=O)[nH]ccc23)c1C. The highest BCUT2D eigenvalue weighted by Crippen LogP contribution is 2.41. The number of aromatic amines is 1. The van der Waals surface area contributed by atoms with Gasteiger partial charge in [0.05, 0.1) is 18.0 Å². The van der Waals surface area contributed by atoms with E-state index in [0.717, 1.165) is 22.1 Å². The third-order valence-electron chi connectivity index (χ3n) is 5.41.